The highest BCUT2D eigenvalue weighted by atomic mass is 35.5. The summed E-state index contributed by atoms with van der Waals surface area (Å²) in [4.78, 5) is 19.3. The van der Waals surface area contributed by atoms with Crippen molar-refractivity contribution in [2.24, 2.45) is 0 Å². The van der Waals surface area contributed by atoms with Crippen molar-refractivity contribution in [3.8, 4) is 11.1 Å². The minimum atomic E-state index is -3.67. The lowest BCUT2D eigenvalue weighted by molar-refractivity contribution is 0.0697. The van der Waals surface area contributed by atoms with E-state index in [4.69, 9.17) is 11.6 Å². The zero-order chi connectivity index (χ0) is 24.6. The zero-order valence-electron chi connectivity index (χ0n) is 19.2. The molecular weight excluding hydrogens is 482 g/mol. The molecule has 0 aliphatic carbocycles. The Morgan fingerprint density at radius 2 is 1.63 bits per heavy atom. The van der Waals surface area contributed by atoms with E-state index in [2.05, 4.69) is 4.98 Å². The van der Waals surface area contributed by atoms with Crippen LogP contribution in [0.3, 0.4) is 0 Å². The first-order valence-corrected chi connectivity index (χ1v) is 13.1. The lowest BCUT2D eigenvalue weighted by atomic mass is 10.00. The largest absolute Gasteiger partial charge is 0.336 e. The molecule has 1 aromatic heterocycles. The summed E-state index contributed by atoms with van der Waals surface area (Å²) in [5.41, 5.74) is 3.50. The first-order chi connectivity index (χ1) is 16.8. The highest BCUT2D eigenvalue weighted by molar-refractivity contribution is 7.89. The van der Waals surface area contributed by atoms with Crippen LogP contribution in [-0.2, 0) is 10.0 Å². The second kappa shape index (κ2) is 9.41. The number of nitrogens with zero attached hydrogens (tertiary/aromatic N) is 3. The number of benzene rings is 3. The van der Waals surface area contributed by atoms with Gasteiger partial charge in [0, 0.05) is 49.2 Å². The third kappa shape index (κ3) is 4.67. The van der Waals surface area contributed by atoms with Crippen LogP contribution < -0.4 is 0 Å². The van der Waals surface area contributed by atoms with E-state index in [1.54, 1.807) is 41.6 Å². The van der Waals surface area contributed by atoms with E-state index in [0.717, 1.165) is 27.5 Å². The summed E-state index contributed by atoms with van der Waals surface area (Å²) in [5, 5.41) is 2.31. The Kier molecular flexibility index (Phi) is 6.32. The third-order valence-corrected chi connectivity index (χ3v) is 8.52. The van der Waals surface area contributed by atoms with E-state index in [1.165, 1.54) is 4.31 Å². The molecule has 6 nitrogen and oxygen atoms in total. The van der Waals surface area contributed by atoms with Crippen LogP contribution in [-0.4, -0.2) is 54.7 Å². The second-order valence-electron chi connectivity index (χ2n) is 8.62. The van der Waals surface area contributed by atoms with Gasteiger partial charge in [-0.15, -0.1) is 0 Å². The van der Waals surface area contributed by atoms with Gasteiger partial charge in [-0.25, -0.2) is 8.42 Å². The van der Waals surface area contributed by atoms with Crippen molar-refractivity contribution >= 4 is 38.3 Å². The Morgan fingerprint density at radius 3 is 2.34 bits per heavy atom. The van der Waals surface area contributed by atoms with Gasteiger partial charge in [0.1, 0.15) is 0 Å². The molecular formula is C27H24ClN3O3S. The molecule has 35 heavy (non-hydrogen) atoms. The number of piperazine rings is 1. The van der Waals surface area contributed by atoms with Gasteiger partial charge < -0.3 is 4.90 Å². The molecule has 0 atom stereocenters. The van der Waals surface area contributed by atoms with Crippen LogP contribution in [0.25, 0.3) is 21.9 Å². The van der Waals surface area contributed by atoms with Crippen LogP contribution in [0.1, 0.15) is 15.9 Å². The summed E-state index contributed by atoms with van der Waals surface area (Å²) < 4.78 is 28.0. The highest BCUT2D eigenvalue weighted by Crippen LogP contribution is 2.26. The molecule has 1 saturated heterocycles. The van der Waals surface area contributed by atoms with Gasteiger partial charge in [0.25, 0.3) is 5.91 Å². The van der Waals surface area contributed by atoms with Gasteiger partial charge in [-0.2, -0.15) is 4.31 Å². The molecule has 1 fully saturated rings. The molecule has 0 spiro atoms. The standard InChI is InChI=1S/C27H24ClN3O3S/c1-19-15-20(23-3-2-10-29-18-23)6-9-26(19)27(32)30-11-13-31(14-12-30)35(33,34)25-8-5-21-16-24(28)7-4-22(21)17-25/h2-10,15-18H,11-14H2,1H3. The first kappa shape index (κ1) is 23.5. The minimum absolute atomic E-state index is 0.0835. The minimum Gasteiger partial charge on any atom is -0.336 e. The van der Waals surface area contributed by atoms with E-state index in [1.807, 2.05) is 49.4 Å². The molecule has 5 rings (SSSR count). The number of rotatable bonds is 4. The Hall–Kier alpha value is -3.26. The molecule has 0 bridgehead atoms. The fourth-order valence-electron chi connectivity index (χ4n) is 4.42. The SMILES string of the molecule is Cc1cc(-c2cccnc2)ccc1C(=O)N1CCN(S(=O)(=O)c2ccc3cc(Cl)ccc3c2)CC1. The number of aromatic nitrogens is 1. The van der Waals surface area contributed by atoms with Crippen LogP contribution in [0.5, 0.6) is 0 Å². The third-order valence-electron chi connectivity index (χ3n) is 6.39. The fourth-order valence-corrected chi connectivity index (χ4v) is 6.06. The summed E-state index contributed by atoms with van der Waals surface area (Å²) >= 11 is 6.04. The number of hydrogen-bond donors (Lipinski definition) is 0. The molecule has 0 unspecified atom stereocenters. The molecule has 0 radical (unpaired) electrons. The molecule has 1 amide bonds. The van der Waals surface area contributed by atoms with Crippen molar-refractivity contribution in [3.63, 3.8) is 0 Å². The molecule has 4 aromatic rings. The number of halogens is 1. The maximum atomic E-state index is 13.3. The maximum absolute atomic E-state index is 13.3. The van der Waals surface area contributed by atoms with Crippen molar-refractivity contribution in [1.29, 1.82) is 0 Å². The monoisotopic (exact) mass is 505 g/mol. The first-order valence-electron chi connectivity index (χ1n) is 11.3. The number of pyridine rings is 1. The van der Waals surface area contributed by atoms with Crippen LogP contribution >= 0.6 is 11.6 Å². The number of amides is 1. The van der Waals surface area contributed by atoms with Crippen LogP contribution in [0.2, 0.25) is 5.02 Å². The summed E-state index contributed by atoms with van der Waals surface area (Å²) in [6, 6.07) is 20.0. The molecule has 1 aliphatic heterocycles. The van der Waals surface area contributed by atoms with Gasteiger partial charge in [0.15, 0.2) is 0 Å². The van der Waals surface area contributed by atoms with E-state index < -0.39 is 10.0 Å². The van der Waals surface area contributed by atoms with Gasteiger partial charge in [-0.3, -0.25) is 9.78 Å². The Bertz CT molecular complexity index is 1520. The van der Waals surface area contributed by atoms with E-state index in [0.29, 0.717) is 23.7 Å². The van der Waals surface area contributed by atoms with Crippen molar-refractivity contribution < 1.29 is 13.2 Å². The normalized spacial score (nSPS) is 14.9. The van der Waals surface area contributed by atoms with Gasteiger partial charge in [0.2, 0.25) is 10.0 Å². The van der Waals surface area contributed by atoms with Crippen LogP contribution in [0.4, 0.5) is 0 Å². The topological polar surface area (TPSA) is 70.6 Å². The average Bonchev–Trinajstić information content (AvgIpc) is 2.88. The molecule has 0 saturated carbocycles. The molecule has 2 heterocycles. The Morgan fingerprint density at radius 1 is 0.886 bits per heavy atom. The Labute approximate surface area is 209 Å². The predicted octanol–water partition coefficient (Wildman–Crippen LogP) is 5.01. The number of fused-ring (bicyclic) bond motifs is 1. The zero-order valence-corrected chi connectivity index (χ0v) is 20.8. The van der Waals surface area contributed by atoms with Gasteiger partial charge in [0.05, 0.1) is 4.90 Å². The summed E-state index contributed by atoms with van der Waals surface area (Å²) in [6.07, 6.45) is 3.52. The molecule has 1 aliphatic rings. The van der Waals surface area contributed by atoms with Crippen molar-refractivity contribution in [2.45, 2.75) is 11.8 Å². The lowest BCUT2D eigenvalue weighted by Crippen LogP contribution is -2.50. The second-order valence-corrected chi connectivity index (χ2v) is 11.0. The quantitative estimate of drug-likeness (QED) is 0.391. The molecule has 178 valence electrons. The van der Waals surface area contributed by atoms with Crippen molar-refractivity contribution in [1.82, 2.24) is 14.2 Å². The van der Waals surface area contributed by atoms with Crippen LogP contribution in [0.15, 0.2) is 84.0 Å². The maximum Gasteiger partial charge on any atom is 0.254 e. The van der Waals surface area contributed by atoms with Crippen LogP contribution in [0, 0.1) is 6.92 Å². The number of sulfonamides is 1. The summed E-state index contributed by atoms with van der Waals surface area (Å²) in [7, 11) is -3.67. The molecule has 3 aromatic carbocycles. The number of hydrogen-bond acceptors (Lipinski definition) is 4. The van der Waals surface area contributed by atoms with Crippen molar-refractivity contribution in [2.75, 3.05) is 26.2 Å². The smallest absolute Gasteiger partial charge is 0.254 e. The fraction of sp³-hybridized carbons (Fsp3) is 0.185. The summed E-state index contributed by atoms with van der Waals surface area (Å²) in [5.74, 6) is -0.0835. The van der Waals surface area contributed by atoms with Gasteiger partial charge >= 0.3 is 0 Å². The van der Waals surface area contributed by atoms with Crippen molar-refractivity contribution in [3.05, 3.63) is 95.3 Å². The highest BCUT2D eigenvalue weighted by Gasteiger charge is 2.31. The Balaban J connectivity index is 1.29. The average molecular weight is 506 g/mol. The van der Waals surface area contributed by atoms with Gasteiger partial charge in [-0.1, -0.05) is 41.9 Å². The lowest BCUT2D eigenvalue weighted by Gasteiger charge is -2.34. The molecule has 0 N–H and O–H groups in total. The number of aryl methyl sites for hydroxylation is 1. The summed E-state index contributed by atoms with van der Waals surface area (Å²) in [6.45, 7) is 3.09. The van der Waals surface area contributed by atoms with E-state index >= 15 is 0 Å². The van der Waals surface area contributed by atoms with E-state index in [-0.39, 0.29) is 23.9 Å². The van der Waals surface area contributed by atoms with E-state index in [9.17, 15) is 13.2 Å². The number of carbonyl (C=O) groups excluding carboxylic acids is 1. The number of carbonyl (C=O) groups is 1. The molecule has 8 heteroatoms. The predicted molar refractivity (Wildman–Crippen MR) is 138 cm³/mol. The van der Waals surface area contributed by atoms with Gasteiger partial charge in [-0.05, 0) is 70.8 Å².